The van der Waals surface area contributed by atoms with Gasteiger partial charge in [0.05, 0.1) is 24.3 Å². The lowest BCUT2D eigenvalue weighted by Crippen LogP contribution is -2.34. The Hall–Kier alpha value is -2.67. The number of aromatic hydroxyl groups is 2. The molecule has 1 aliphatic rings. The molecule has 0 unspecified atom stereocenters. The van der Waals surface area contributed by atoms with Crippen LogP contribution in [0.4, 0.5) is 0 Å². The number of hydrogen-bond acceptors (Lipinski definition) is 6. The SMILES string of the molecule is COc1cc(/C=C2\CN(C)C/C(=C\c3cc(Cl)c(O)c(OC)c3)C2=O)cc(Cl)c1O. The number of Topliss-reactive ketones (excluding diaryl/α,β-unsaturated/α-hetero) is 1. The maximum atomic E-state index is 13.1. The van der Waals surface area contributed by atoms with Gasteiger partial charge in [0.25, 0.3) is 0 Å². The van der Waals surface area contributed by atoms with Gasteiger partial charge in [-0.1, -0.05) is 23.2 Å². The Balaban J connectivity index is 2.00. The lowest BCUT2D eigenvalue weighted by atomic mass is 9.94. The monoisotopic (exact) mass is 449 g/mol. The van der Waals surface area contributed by atoms with Crippen LogP contribution in [0.15, 0.2) is 35.4 Å². The maximum absolute atomic E-state index is 13.1. The molecule has 1 aliphatic heterocycles. The number of hydrogen-bond donors (Lipinski definition) is 2. The van der Waals surface area contributed by atoms with Crippen LogP contribution >= 0.6 is 23.2 Å². The molecule has 1 saturated heterocycles. The maximum Gasteiger partial charge on any atom is 0.187 e. The first kappa shape index (κ1) is 22.0. The number of rotatable bonds is 4. The standard InChI is InChI=1S/C22H21Cl2NO5/c1-25-10-14(4-12-6-16(23)21(27)18(8-12)29-2)20(26)15(11-25)5-13-7-17(24)22(28)19(9-13)30-3/h4-9,27-28H,10-11H2,1-3H3/b14-4+,15-5+. The minimum atomic E-state index is -0.146. The number of methoxy groups -OCH3 is 2. The minimum absolute atomic E-state index is 0.112. The van der Waals surface area contributed by atoms with Crippen LogP contribution in [0.1, 0.15) is 11.1 Å². The van der Waals surface area contributed by atoms with Crippen molar-refractivity contribution in [2.45, 2.75) is 0 Å². The number of ketones is 1. The summed E-state index contributed by atoms with van der Waals surface area (Å²) in [6.45, 7) is 0.910. The molecular formula is C22H21Cl2NO5. The van der Waals surface area contributed by atoms with Gasteiger partial charge in [-0.25, -0.2) is 0 Å². The Morgan fingerprint density at radius 3 is 1.63 bits per heavy atom. The molecule has 6 nitrogen and oxygen atoms in total. The van der Waals surface area contributed by atoms with Gasteiger partial charge in [-0.05, 0) is 54.6 Å². The normalized spacial score (nSPS) is 17.6. The molecule has 2 N–H and O–H groups in total. The molecule has 0 radical (unpaired) electrons. The highest BCUT2D eigenvalue weighted by Crippen LogP contribution is 2.37. The summed E-state index contributed by atoms with van der Waals surface area (Å²) < 4.78 is 10.3. The highest BCUT2D eigenvalue weighted by atomic mass is 35.5. The van der Waals surface area contributed by atoms with Crippen molar-refractivity contribution in [2.24, 2.45) is 0 Å². The molecule has 0 aliphatic carbocycles. The third kappa shape index (κ3) is 4.56. The average Bonchev–Trinajstić information content (AvgIpc) is 2.70. The van der Waals surface area contributed by atoms with Crippen molar-refractivity contribution >= 4 is 41.1 Å². The summed E-state index contributed by atoms with van der Waals surface area (Å²) in [6, 6.07) is 6.37. The first-order valence-electron chi connectivity index (χ1n) is 9.00. The van der Waals surface area contributed by atoms with Crippen molar-refractivity contribution in [3.63, 3.8) is 0 Å². The number of phenolic OH excluding ortho intramolecular Hbond substituents is 2. The van der Waals surface area contributed by atoms with Crippen LogP contribution < -0.4 is 9.47 Å². The van der Waals surface area contributed by atoms with Gasteiger partial charge in [-0.3, -0.25) is 9.69 Å². The lowest BCUT2D eigenvalue weighted by Gasteiger charge is -2.26. The van der Waals surface area contributed by atoms with Gasteiger partial charge in [0.2, 0.25) is 0 Å². The van der Waals surface area contributed by atoms with Crippen molar-refractivity contribution < 1.29 is 24.5 Å². The number of ether oxygens (including phenoxy) is 2. The second kappa shape index (κ2) is 9.00. The molecule has 2 aromatic rings. The van der Waals surface area contributed by atoms with Crippen LogP contribution in [0.25, 0.3) is 12.2 Å². The van der Waals surface area contributed by atoms with E-state index in [2.05, 4.69) is 0 Å². The fourth-order valence-electron chi connectivity index (χ4n) is 3.28. The van der Waals surface area contributed by atoms with Crippen LogP contribution in [0.2, 0.25) is 10.0 Å². The number of likely N-dealkylation sites (N-methyl/N-ethyl adjacent to an activating group) is 1. The fourth-order valence-corrected chi connectivity index (χ4v) is 3.72. The van der Waals surface area contributed by atoms with E-state index in [1.165, 1.54) is 14.2 Å². The molecule has 0 saturated carbocycles. The third-order valence-corrected chi connectivity index (χ3v) is 5.26. The van der Waals surface area contributed by atoms with Gasteiger partial charge in [0.15, 0.2) is 28.8 Å². The first-order chi connectivity index (χ1) is 14.2. The van der Waals surface area contributed by atoms with Crippen LogP contribution in [0.3, 0.4) is 0 Å². The molecule has 158 valence electrons. The predicted molar refractivity (Wildman–Crippen MR) is 118 cm³/mol. The summed E-state index contributed by atoms with van der Waals surface area (Å²) in [5, 5.41) is 20.1. The van der Waals surface area contributed by atoms with Gasteiger partial charge in [-0.15, -0.1) is 0 Å². The number of piperidine rings is 1. The van der Waals surface area contributed by atoms with E-state index < -0.39 is 0 Å². The summed E-state index contributed by atoms with van der Waals surface area (Å²) in [5.41, 5.74) is 2.41. The first-order valence-corrected chi connectivity index (χ1v) is 9.76. The van der Waals surface area contributed by atoms with Gasteiger partial charge >= 0.3 is 0 Å². The Labute approximate surface area is 184 Å². The van der Waals surface area contributed by atoms with E-state index in [0.717, 1.165) is 0 Å². The molecule has 0 spiro atoms. The van der Waals surface area contributed by atoms with Gasteiger partial charge < -0.3 is 19.7 Å². The average molecular weight is 450 g/mol. The number of carbonyl (C=O) groups excluding carboxylic acids is 1. The molecule has 1 fully saturated rings. The van der Waals surface area contributed by atoms with E-state index in [1.807, 2.05) is 11.9 Å². The Bertz CT molecular complexity index is 980. The smallest absolute Gasteiger partial charge is 0.187 e. The fraction of sp³-hybridized carbons (Fsp3) is 0.227. The van der Waals surface area contributed by atoms with Crippen molar-refractivity contribution in [3.05, 3.63) is 56.6 Å². The zero-order valence-corrected chi connectivity index (χ0v) is 18.2. The molecule has 1 heterocycles. The molecule has 2 aromatic carbocycles. The zero-order chi connectivity index (χ0) is 22.0. The number of phenols is 2. The van der Waals surface area contributed by atoms with Crippen molar-refractivity contribution in [3.8, 4) is 23.0 Å². The van der Waals surface area contributed by atoms with Gasteiger partial charge in [-0.2, -0.15) is 0 Å². The molecule has 0 atom stereocenters. The van der Waals surface area contributed by atoms with Crippen molar-refractivity contribution in [2.75, 3.05) is 34.4 Å². The van der Waals surface area contributed by atoms with E-state index in [-0.39, 0.29) is 38.8 Å². The second-order valence-electron chi connectivity index (χ2n) is 6.95. The molecule has 0 bridgehead atoms. The summed E-state index contributed by atoms with van der Waals surface area (Å²) in [6.07, 6.45) is 3.45. The van der Waals surface area contributed by atoms with Crippen LogP contribution in [-0.4, -0.2) is 55.3 Å². The largest absolute Gasteiger partial charge is 0.503 e. The van der Waals surface area contributed by atoms with Crippen LogP contribution in [-0.2, 0) is 4.79 Å². The number of nitrogens with zero attached hydrogens (tertiary/aromatic N) is 1. The summed E-state index contributed by atoms with van der Waals surface area (Å²) in [4.78, 5) is 15.1. The van der Waals surface area contributed by atoms with E-state index in [4.69, 9.17) is 32.7 Å². The van der Waals surface area contributed by atoms with Crippen molar-refractivity contribution in [1.29, 1.82) is 0 Å². The topological polar surface area (TPSA) is 79.2 Å². The number of likely N-dealkylation sites (tertiary alicyclic amines) is 1. The van der Waals surface area contributed by atoms with E-state index in [1.54, 1.807) is 36.4 Å². The summed E-state index contributed by atoms with van der Waals surface area (Å²) >= 11 is 12.1. The molecule has 8 heteroatoms. The van der Waals surface area contributed by atoms with Crippen LogP contribution in [0.5, 0.6) is 23.0 Å². The van der Waals surface area contributed by atoms with E-state index in [0.29, 0.717) is 35.4 Å². The number of carbonyl (C=O) groups is 1. The highest BCUT2D eigenvalue weighted by Gasteiger charge is 2.24. The number of benzene rings is 2. The summed E-state index contributed by atoms with van der Waals surface area (Å²) in [5.74, 6) is 0.0545. The Morgan fingerprint density at radius 1 is 0.867 bits per heavy atom. The Morgan fingerprint density at radius 2 is 1.27 bits per heavy atom. The van der Waals surface area contributed by atoms with Gasteiger partial charge in [0.1, 0.15) is 0 Å². The Kier molecular flexibility index (Phi) is 6.61. The quantitative estimate of drug-likeness (QED) is 0.673. The molecule has 30 heavy (non-hydrogen) atoms. The van der Waals surface area contributed by atoms with Gasteiger partial charge in [0, 0.05) is 24.2 Å². The van der Waals surface area contributed by atoms with E-state index >= 15 is 0 Å². The predicted octanol–water partition coefficient (Wildman–Crippen LogP) is 4.40. The highest BCUT2D eigenvalue weighted by molar-refractivity contribution is 6.32. The lowest BCUT2D eigenvalue weighted by molar-refractivity contribution is -0.113. The second-order valence-corrected chi connectivity index (χ2v) is 7.76. The molecule has 0 amide bonds. The molecule has 3 rings (SSSR count). The minimum Gasteiger partial charge on any atom is -0.503 e. The van der Waals surface area contributed by atoms with Crippen molar-refractivity contribution in [1.82, 2.24) is 4.90 Å². The van der Waals surface area contributed by atoms with Crippen LogP contribution in [0, 0.1) is 0 Å². The zero-order valence-electron chi connectivity index (χ0n) is 16.7. The molecular weight excluding hydrogens is 429 g/mol. The molecule has 0 aromatic heterocycles. The third-order valence-electron chi connectivity index (χ3n) is 4.69. The van der Waals surface area contributed by atoms with E-state index in [9.17, 15) is 15.0 Å². The number of halogens is 2. The summed E-state index contributed by atoms with van der Waals surface area (Å²) in [7, 11) is 4.77.